The van der Waals surface area contributed by atoms with Gasteiger partial charge >= 0.3 is 10.2 Å². The summed E-state index contributed by atoms with van der Waals surface area (Å²) in [6.45, 7) is 4.00. The topological polar surface area (TPSA) is 97.1 Å². The van der Waals surface area contributed by atoms with E-state index in [1.54, 1.807) is 13.8 Å². The predicted molar refractivity (Wildman–Crippen MR) is 86.3 cm³/mol. The highest BCUT2D eigenvalue weighted by molar-refractivity contribution is 7.91. The number of rotatable bonds is 6. The minimum absolute atomic E-state index is 0.175. The lowest BCUT2D eigenvalue weighted by Gasteiger charge is -2.09. The molecule has 0 unspecified atom stereocenters. The largest absolute Gasteiger partial charge is 0.326 e. The molecule has 1 aromatic heterocycles. The van der Waals surface area contributed by atoms with Gasteiger partial charge < -0.3 is 5.73 Å². The summed E-state index contributed by atoms with van der Waals surface area (Å²) in [5, 5.41) is 2.14. The van der Waals surface area contributed by atoms with Crippen LogP contribution in [-0.4, -0.2) is 19.4 Å². The normalized spacial score (nSPS) is 11.8. The zero-order chi connectivity index (χ0) is 15.5. The fourth-order valence-corrected chi connectivity index (χ4v) is 3.76. The van der Waals surface area contributed by atoms with Crippen molar-refractivity contribution in [2.75, 3.05) is 4.72 Å². The van der Waals surface area contributed by atoms with Crippen molar-refractivity contribution in [1.82, 2.24) is 9.71 Å². The number of aromatic nitrogens is 1. The zero-order valence-electron chi connectivity index (χ0n) is 11.8. The highest BCUT2D eigenvalue weighted by Crippen LogP contribution is 2.25. The van der Waals surface area contributed by atoms with Crippen molar-refractivity contribution in [1.29, 1.82) is 0 Å². The van der Waals surface area contributed by atoms with E-state index in [2.05, 4.69) is 14.4 Å². The summed E-state index contributed by atoms with van der Waals surface area (Å²) in [7, 11) is -3.58. The van der Waals surface area contributed by atoms with Crippen LogP contribution in [0.4, 0.5) is 5.13 Å². The smallest absolute Gasteiger partial charge is 0.301 e. The van der Waals surface area contributed by atoms with Gasteiger partial charge in [0.05, 0.1) is 5.69 Å². The Morgan fingerprint density at radius 2 is 1.95 bits per heavy atom. The van der Waals surface area contributed by atoms with Gasteiger partial charge in [0.1, 0.15) is 0 Å². The molecule has 0 aliphatic heterocycles. The number of thiazole rings is 1. The van der Waals surface area contributed by atoms with E-state index in [1.165, 1.54) is 11.3 Å². The second kappa shape index (κ2) is 6.52. The molecule has 0 aliphatic carbocycles. The van der Waals surface area contributed by atoms with Gasteiger partial charge in [-0.05, 0) is 19.4 Å². The molecule has 0 spiro atoms. The molecule has 4 N–H and O–H groups in total. The molecule has 2 aromatic rings. The number of nitrogens with two attached hydrogens (primary N) is 1. The molecule has 0 fully saturated rings. The third-order valence-corrected chi connectivity index (χ3v) is 4.73. The summed E-state index contributed by atoms with van der Waals surface area (Å²) in [5.74, 6) is 0. The first-order valence-corrected chi connectivity index (χ1v) is 8.81. The molecule has 1 heterocycles. The Bertz CT molecular complexity index is 693. The van der Waals surface area contributed by atoms with E-state index in [-0.39, 0.29) is 6.04 Å². The maximum Gasteiger partial charge on any atom is 0.301 e. The summed E-state index contributed by atoms with van der Waals surface area (Å²) in [6.07, 6.45) is 0. The molecule has 114 valence electrons. The van der Waals surface area contributed by atoms with Crippen molar-refractivity contribution in [2.45, 2.75) is 26.4 Å². The van der Waals surface area contributed by atoms with Gasteiger partial charge in [-0.3, -0.25) is 0 Å². The highest BCUT2D eigenvalue weighted by atomic mass is 32.2. The average molecular weight is 326 g/mol. The van der Waals surface area contributed by atoms with Crippen molar-refractivity contribution >= 4 is 26.7 Å². The number of nitrogens with zero attached hydrogens (tertiary/aromatic N) is 1. The Kier molecular flexibility index (Phi) is 4.94. The van der Waals surface area contributed by atoms with Crippen molar-refractivity contribution in [3.63, 3.8) is 0 Å². The Balaban J connectivity index is 2.14. The van der Waals surface area contributed by atoms with Gasteiger partial charge in [-0.25, -0.2) is 9.71 Å². The standard InChI is InChI=1S/C13H18N4O2S2/c1-9(2)16-21(18,19)17-13-15-12(8-20-13)11-5-3-10(7-14)4-6-11/h3-6,8-9,16H,7,14H2,1-2H3,(H,15,17). The first-order valence-electron chi connectivity index (χ1n) is 6.44. The second-order valence-electron chi connectivity index (χ2n) is 4.82. The van der Waals surface area contributed by atoms with Gasteiger partial charge in [-0.15, -0.1) is 11.3 Å². The van der Waals surface area contributed by atoms with E-state index in [1.807, 2.05) is 29.6 Å². The number of benzene rings is 1. The van der Waals surface area contributed by atoms with Gasteiger partial charge in [0.25, 0.3) is 0 Å². The summed E-state index contributed by atoms with van der Waals surface area (Å²) in [5.41, 5.74) is 8.24. The Hall–Kier alpha value is -1.48. The SMILES string of the molecule is CC(C)NS(=O)(=O)Nc1nc(-c2ccc(CN)cc2)cs1. The summed E-state index contributed by atoms with van der Waals surface area (Å²) in [4.78, 5) is 4.29. The Morgan fingerprint density at radius 1 is 1.29 bits per heavy atom. The molecule has 0 amide bonds. The lowest BCUT2D eigenvalue weighted by molar-refractivity contribution is 0.575. The van der Waals surface area contributed by atoms with Crippen LogP contribution < -0.4 is 15.2 Å². The molecule has 8 heteroatoms. The van der Waals surface area contributed by atoms with Crippen molar-refractivity contribution in [2.24, 2.45) is 5.73 Å². The monoisotopic (exact) mass is 326 g/mol. The van der Waals surface area contributed by atoms with Crippen molar-refractivity contribution in [3.05, 3.63) is 35.2 Å². The molecule has 1 aromatic carbocycles. The maximum absolute atomic E-state index is 11.8. The molecular weight excluding hydrogens is 308 g/mol. The van der Waals surface area contributed by atoms with Crippen LogP contribution in [0.25, 0.3) is 11.3 Å². The quantitative estimate of drug-likeness (QED) is 0.755. The molecule has 6 nitrogen and oxygen atoms in total. The zero-order valence-corrected chi connectivity index (χ0v) is 13.5. The minimum atomic E-state index is -3.58. The summed E-state index contributed by atoms with van der Waals surface area (Å²) < 4.78 is 28.4. The van der Waals surface area contributed by atoms with E-state index < -0.39 is 10.2 Å². The van der Waals surface area contributed by atoms with Crippen LogP contribution in [0, 0.1) is 0 Å². The van der Waals surface area contributed by atoms with Crippen LogP contribution in [-0.2, 0) is 16.8 Å². The van der Waals surface area contributed by atoms with Gasteiger partial charge in [0.15, 0.2) is 5.13 Å². The third kappa shape index (κ3) is 4.50. The lowest BCUT2D eigenvalue weighted by atomic mass is 10.1. The first-order chi connectivity index (χ1) is 9.89. The predicted octanol–water partition coefficient (Wildman–Crippen LogP) is 1.92. The summed E-state index contributed by atoms with van der Waals surface area (Å²) >= 11 is 1.24. The van der Waals surface area contributed by atoms with Gasteiger partial charge in [-0.2, -0.15) is 13.1 Å². The van der Waals surface area contributed by atoms with Crippen LogP contribution in [0.15, 0.2) is 29.6 Å². The Morgan fingerprint density at radius 3 is 2.52 bits per heavy atom. The van der Waals surface area contributed by atoms with Crippen LogP contribution in [0.1, 0.15) is 19.4 Å². The molecule has 0 saturated heterocycles. The van der Waals surface area contributed by atoms with Crippen LogP contribution in [0.2, 0.25) is 0 Å². The van der Waals surface area contributed by atoms with Crippen molar-refractivity contribution in [3.8, 4) is 11.3 Å². The average Bonchev–Trinajstić information content (AvgIpc) is 2.85. The fourth-order valence-electron chi connectivity index (χ4n) is 1.72. The van der Waals surface area contributed by atoms with Crippen LogP contribution in [0.5, 0.6) is 0 Å². The number of hydrogen-bond acceptors (Lipinski definition) is 5. The molecular formula is C13H18N4O2S2. The van der Waals surface area contributed by atoms with Gasteiger partial charge in [0.2, 0.25) is 0 Å². The number of hydrogen-bond donors (Lipinski definition) is 3. The van der Waals surface area contributed by atoms with Crippen molar-refractivity contribution < 1.29 is 8.42 Å². The van der Waals surface area contributed by atoms with E-state index >= 15 is 0 Å². The molecule has 2 rings (SSSR count). The van der Waals surface area contributed by atoms with E-state index in [4.69, 9.17) is 5.73 Å². The van der Waals surface area contributed by atoms with Crippen LogP contribution in [0.3, 0.4) is 0 Å². The summed E-state index contributed by atoms with van der Waals surface area (Å²) in [6, 6.07) is 7.52. The first kappa shape index (κ1) is 15.9. The molecule has 0 bridgehead atoms. The molecule has 0 aliphatic rings. The minimum Gasteiger partial charge on any atom is -0.326 e. The maximum atomic E-state index is 11.8. The number of nitrogens with one attached hydrogen (secondary N) is 2. The molecule has 21 heavy (non-hydrogen) atoms. The van der Waals surface area contributed by atoms with E-state index in [0.29, 0.717) is 11.7 Å². The Labute approximate surface area is 128 Å². The highest BCUT2D eigenvalue weighted by Gasteiger charge is 2.14. The second-order valence-corrected chi connectivity index (χ2v) is 7.12. The van der Waals surface area contributed by atoms with Crippen LogP contribution >= 0.6 is 11.3 Å². The molecule has 0 atom stereocenters. The van der Waals surface area contributed by atoms with Gasteiger partial charge in [0, 0.05) is 23.5 Å². The number of anilines is 1. The lowest BCUT2D eigenvalue weighted by Crippen LogP contribution is -2.35. The fraction of sp³-hybridized carbons (Fsp3) is 0.308. The van der Waals surface area contributed by atoms with Gasteiger partial charge in [-0.1, -0.05) is 24.3 Å². The third-order valence-electron chi connectivity index (χ3n) is 2.60. The van der Waals surface area contributed by atoms with E-state index in [0.717, 1.165) is 16.8 Å². The van der Waals surface area contributed by atoms with E-state index in [9.17, 15) is 8.42 Å². The molecule has 0 saturated carbocycles. The molecule has 0 radical (unpaired) electrons.